The van der Waals surface area contributed by atoms with Crippen molar-refractivity contribution in [3.05, 3.63) is 22.4 Å². The summed E-state index contributed by atoms with van der Waals surface area (Å²) in [6.45, 7) is 7.37. The second-order valence-electron chi connectivity index (χ2n) is 6.44. The molecule has 1 heterocycles. The van der Waals surface area contributed by atoms with Gasteiger partial charge >= 0.3 is 0 Å². The van der Waals surface area contributed by atoms with Gasteiger partial charge in [-0.3, -0.25) is 0 Å². The van der Waals surface area contributed by atoms with Crippen LogP contribution in [0, 0.1) is 17.8 Å². The minimum Gasteiger partial charge on any atom is -0.372 e. The summed E-state index contributed by atoms with van der Waals surface area (Å²) in [5.41, 5.74) is -0.934. The average Bonchev–Trinajstić information content (AvgIpc) is 3.19. The molecule has 1 aliphatic carbocycles. The van der Waals surface area contributed by atoms with E-state index >= 15 is 0 Å². The molecular weight excluding hydrogens is 278 g/mol. The smallest absolute Gasteiger partial charge is 0.162 e. The number of thiophene rings is 1. The Hall–Kier alpha value is -0.820. The van der Waals surface area contributed by atoms with Crippen LogP contribution in [0.5, 0.6) is 0 Å². The topological polar surface area (TPSA) is 20.2 Å². The molecule has 116 valence electrons. The maximum Gasteiger partial charge on any atom is 0.162 e. The van der Waals surface area contributed by atoms with Gasteiger partial charge in [-0.05, 0) is 44.1 Å². The number of aliphatic hydroxyl groups is 1. The molecule has 0 aliphatic heterocycles. The summed E-state index contributed by atoms with van der Waals surface area (Å²) in [7, 11) is 2.23. The Balaban J connectivity index is 2.22. The fourth-order valence-electron chi connectivity index (χ4n) is 3.02. The van der Waals surface area contributed by atoms with E-state index < -0.39 is 5.60 Å². The van der Waals surface area contributed by atoms with E-state index in [1.54, 1.807) is 11.3 Å². The number of rotatable bonds is 5. The molecule has 0 radical (unpaired) electrons. The molecule has 1 saturated carbocycles. The highest BCUT2D eigenvalue weighted by atomic mass is 32.1. The number of nitrogens with zero attached hydrogens (tertiary/aromatic N) is 1. The van der Waals surface area contributed by atoms with Gasteiger partial charge in [-0.25, -0.2) is 0 Å². The van der Waals surface area contributed by atoms with Crippen LogP contribution in [0.4, 0.5) is 0 Å². The van der Waals surface area contributed by atoms with Crippen molar-refractivity contribution in [3.63, 3.8) is 0 Å². The highest BCUT2D eigenvalue weighted by Crippen LogP contribution is 2.41. The van der Waals surface area contributed by atoms with Crippen molar-refractivity contribution >= 4 is 11.3 Å². The minimum absolute atomic E-state index is 0.297. The first-order chi connectivity index (χ1) is 10.0. The third-order valence-electron chi connectivity index (χ3n) is 5.11. The van der Waals surface area contributed by atoms with Crippen LogP contribution in [-0.2, 0) is 5.60 Å². The van der Waals surface area contributed by atoms with Gasteiger partial charge in [-0.2, -0.15) is 0 Å². The predicted octanol–water partition coefficient (Wildman–Crippen LogP) is 3.62. The molecule has 1 unspecified atom stereocenters. The van der Waals surface area contributed by atoms with Gasteiger partial charge < -0.3 is 9.59 Å². The Bertz CT molecular complexity index is 489. The fourth-order valence-corrected chi connectivity index (χ4v) is 3.87. The largest absolute Gasteiger partial charge is 0.372 e. The summed E-state index contributed by atoms with van der Waals surface area (Å²) in [6.07, 6.45) is 4.63. The van der Waals surface area contributed by atoms with Crippen LogP contribution < -0.4 is 0 Å². The van der Waals surface area contributed by atoms with E-state index in [0.29, 0.717) is 5.92 Å². The first-order valence-corrected chi connectivity index (χ1v) is 9.02. The van der Waals surface area contributed by atoms with Crippen LogP contribution in [0.2, 0.25) is 0 Å². The van der Waals surface area contributed by atoms with Crippen molar-refractivity contribution in [1.29, 1.82) is 0 Å². The van der Waals surface area contributed by atoms with E-state index in [4.69, 9.17) is 0 Å². The summed E-state index contributed by atoms with van der Waals surface area (Å²) in [5, 5.41) is 13.3. The Labute approximate surface area is 133 Å². The molecule has 2 nitrogen and oxygen atoms in total. The van der Waals surface area contributed by atoms with Gasteiger partial charge in [0.1, 0.15) is 6.54 Å². The van der Waals surface area contributed by atoms with Gasteiger partial charge in [-0.1, -0.05) is 24.8 Å². The zero-order valence-electron chi connectivity index (χ0n) is 13.6. The SMILES string of the molecule is CC[N+](C)(CC)CC#CC(O)(c1cccs1)C1CCCC1. The number of hydrogen-bond acceptors (Lipinski definition) is 2. The lowest BCUT2D eigenvalue weighted by Gasteiger charge is -2.31. The molecule has 1 aliphatic rings. The van der Waals surface area contributed by atoms with Crippen LogP contribution in [0.15, 0.2) is 17.5 Å². The second kappa shape index (κ2) is 6.96. The van der Waals surface area contributed by atoms with E-state index in [9.17, 15) is 5.11 Å². The van der Waals surface area contributed by atoms with Gasteiger partial charge in [-0.15, -0.1) is 11.3 Å². The Kier molecular flexibility index (Phi) is 5.48. The van der Waals surface area contributed by atoms with Crippen molar-refractivity contribution < 1.29 is 9.59 Å². The average molecular weight is 306 g/mol. The number of hydrogen-bond donors (Lipinski definition) is 1. The molecular formula is C18H28NOS+. The fraction of sp³-hybridized carbons (Fsp3) is 0.667. The molecule has 1 fully saturated rings. The molecule has 3 heteroatoms. The zero-order chi connectivity index (χ0) is 15.3. The standard InChI is InChI=1S/C18H28NOS/c1-4-19(3,5-2)14-9-13-18(20,16-10-6-7-11-16)17-12-8-15-21-17/h8,12,15-16,20H,4-7,10-11,14H2,1-3H3/q+1. The zero-order valence-corrected chi connectivity index (χ0v) is 14.4. The van der Waals surface area contributed by atoms with Crippen LogP contribution in [0.1, 0.15) is 44.4 Å². The highest BCUT2D eigenvalue weighted by molar-refractivity contribution is 7.10. The van der Waals surface area contributed by atoms with Crippen molar-refractivity contribution in [2.45, 2.75) is 45.1 Å². The lowest BCUT2D eigenvalue weighted by atomic mass is 9.85. The van der Waals surface area contributed by atoms with E-state index in [0.717, 1.165) is 41.8 Å². The van der Waals surface area contributed by atoms with Gasteiger partial charge in [0.25, 0.3) is 0 Å². The Morgan fingerprint density at radius 3 is 2.52 bits per heavy atom. The van der Waals surface area contributed by atoms with Crippen molar-refractivity contribution in [1.82, 2.24) is 0 Å². The highest BCUT2D eigenvalue weighted by Gasteiger charge is 2.39. The number of quaternary nitrogens is 1. The maximum absolute atomic E-state index is 11.2. The third kappa shape index (κ3) is 3.69. The van der Waals surface area contributed by atoms with Crippen LogP contribution in [0.25, 0.3) is 0 Å². The van der Waals surface area contributed by atoms with Crippen LogP contribution >= 0.6 is 11.3 Å². The summed E-state index contributed by atoms with van der Waals surface area (Å²) in [4.78, 5) is 1.02. The van der Waals surface area contributed by atoms with Crippen LogP contribution in [0.3, 0.4) is 0 Å². The van der Waals surface area contributed by atoms with E-state index in [-0.39, 0.29) is 0 Å². The van der Waals surface area contributed by atoms with Gasteiger partial charge in [0, 0.05) is 10.8 Å². The molecule has 0 amide bonds. The monoisotopic (exact) mass is 306 g/mol. The molecule has 0 saturated heterocycles. The molecule has 0 bridgehead atoms. The van der Waals surface area contributed by atoms with E-state index in [1.165, 1.54) is 12.8 Å². The van der Waals surface area contributed by atoms with Crippen molar-refractivity contribution in [3.8, 4) is 11.8 Å². The molecule has 1 aromatic rings. The quantitative estimate of drug-likeness (QED) is 0.651. The minimum atomic E-state index is -0.934. The normalized spacial score (nSPS) is 19.0. The summed E-state index contributed by atoms with van der Waals surface area (Å²) < 4.78 is 0.943. The van der Waals surface area contributed by atoms with Gasteiger partial charge in [0.15, 0.2) is 5.60 Å². The molecule has 1 N–H and O–H groups in total. The lowest BCUT2D eigenvalue weighted by Crippen LogP contribution is -2.44. The molecule has 0 aromatic carbocycles. The van der Waals surface area contributed by atoms with E-state index in [1.807, 2.05) is 17.5 Å². The van der Waals surface area contributed by atoms with Gasteiger partial charge in [0.05, 0.1) is 20.1 Å². The Morgan fingerprint density at radius 2 is 2.00 bits per heavy atom. The summed E-state index contributed by atoms with van der Waals surface area (Å²) in [6, 6.07) is 4.05. The second-order valence-corrected chi connectivity index (χ2v) is 7.38. The van der Waals surface area contributed by atoms with E-state index in [2.05, 4.69) is 32.7 Å². The molecule has 1 atom stereocenters. The van der Waals surface area contributed by atoms with Crippen molar-refractivity contribution in [2.75, 3.05) is 26.7 Å². The molecule has 0 spiro atoms. The maximum atomic E-state index is 11.2. The molecule has 2 rings (SSSR count). The molecule has 21 heavy (non-hydrogen) atoms. The first-order valence-electron chi connectivity index (χ1n) is 8.14. The van der Waals surface area contributed by atoms with Crippen LogP contribution in [-0.4, -0.2) is 36.3 Å². The first kappa shape index (κ1) is 16.5. The predicted molar refractivity (Wildman–Crippen MR) is 90.1 cm³/mol. The molecule has 1 aromatic heterocycles. The summed E-state index contributed by atoms with van der Waals surface area (Å²) >= 11 is 1.63. The Morgan fingerprint density at radius 1 is 1.33 bits per heavy atom. The van der Waals surface area contributed by atoms with Gasteiger partial charge in [0.2, 0.25) is 0 Å². The van der Waals surface area contributed by atoms with Crippen molar-refractivity contribution in [2.24, 2.45) is 5.92 Å². The summed E-state index contributed by atoms with van der Waals surface area (Å²) in [5.74, 6) is 6.87. The third-order valence-corrected chi connectivity index (χ3v) is 6.10. The lowest BCUT2D eigenvalue weighted by molar-refractivity contribution is -0.899.